The van der Waals surface area contributed by atoms with E-state index in [9.17, 15) is 9.59 Å². The minimum atomic E-state index is -0.300. The summed E-state index contributed by atoms with van der Waals surface area (Å²) in [6, 6.07) is 22.3. The van der Waals surface area contributed by atoms with Crippen molar-refractivity contribution in [2.45, 2.75) is 6.04 Å². The molecule has 3 aromatic rings. The van der Waals surface area contributed by atoms with E-state index in [1.807, 2.05) is 12.1 Å². The Kier molecular flexibility index (Phi) is 5.95. The second-order valence-electron chi connectivity index (χ2n) is 7.33. The van der Waals surface area contributed by atoms with E-state index in [1.165, 1.54) is 30.5 Å². The predicted octanol–water partition coefficient (Wildman–Crippen LogP) is 2.93. The third-order valence-electron chi connectivity index (χ3n) is 5.52. The van der Waals surface area contributed by atoms with Crippen LogP contribution in [0, 0.1) is 0 Å². The summed E-state index contributed by atoms with van der Waals surface area (Å²) in [5, 5.41) is 0. The van der Waals surface area contributed by atoms with Crippen LogP contribution in [0.3, 0.4) is 0 Å². The summed E-state index contributed by atoms with van der Waals surface area (Å²) in [6.07, 6.45) is 1.44. The van der Waals surface area contributed by atoms with Gasteiger partial charge in [0.05, 0.1) is 13.2 Å². The summed E-state index contributed by atoms with van der Waals surface area (Å²) in [5.74, 6) is 0.0373. The largest absolute Gasteiger partial charge is 0.491 e. The van der Waals surface area contributed by atoms with Gasteiger partial charge in [0, 0.05) is 38.4 Å². The number of H-pyrrole nitrogens is 1. The fraction of sp³-hybridized carbons (Fsp3) is 0.250. The highest BCUT2D eigenvalue weighted by Gasteiger charge is 2.28. The molecule has 1 saturated heterocycles. The molecule has 1 aromatic heterocycles. The molecular formula is C24H25N3O3. The third kappa shape index (κ3) is 4.14. The first-order valence-corrected chi connectivity index (χ1v) is 10.1. The van der Waals surface area contributed by atoms with Crippen LogP contribution in [0.2, 0.25) is 0 Å². The van der Waals surface area contributed by atoms with Crippen LogP contribution in [0.25, 0.3) is 0 Å². The number of hydrogen-bond acceptors (Lipinski definition) is 4. The van der Waals surface area contributed by atoms with E-state index in [0.29, 0.717) is 13.1 Å². The van der Waals surface area contributed by atoms with Gasteiger partial charge in [-0.25, -0.2) is 0 Å². The van der Waals surface area contributed by atoms with Crippen LogP contribution in [0.4, 0.5) is 0 Å². The molecule has 6 nitrogen and oxygen atoms in total. The Morgan fingerprint density at radius 1 is 0.933 bits per heavy atom. The van der Waals surface area contributed by atoms with E-state index in [0.717, 1.165) is 13.1 Å². The number of methoxy groups -OCH3 is 1. The number of aromatic amines is 1. The maximum atomic E-state index is 12.9. The molecule has 0 saturated carbocycles. The minimum Gasteiger partial charge on any atom is -0.491 e. The number of nitrogens with zero attached hydrogens (tertiary/aromatic N) is 2. The Morgan fingerprint density at radius 2 is 1.50 bits per heavy atom. The van der Waals surface area contributed by atoms with Crippen molar-refractivity contribution in [1.29, 1.82) is 0 Å². The second kappa shape index (κ2) is 8.97. The summed E-state index contributed by atoms with van der Waals surface area (Å²) in [6.45, 7) is 2.70. The summed E-state index contributed by atoms with van der Waals surface area (Å²) >= 11 is 0. The molecule has 154 valence electrons. The number of pyridine rings is 1. The van der Waals surface area contributed by atoms with Gasteiger partial charge >= 0.3 is 0 Å². The zero-order chi connectivity index (χ0) is 20.9. The van der Waals surface area contributed by atoms with Gasteiger partial charge in [-0.1, -0.05) is 60.7 Å². The minimum absolute atomic E-state index is 0.144. The number of ether oxygens (including phenoxy) is 1. The number of carbonyl (C=O) groups is 1. The first-order valence-electron chi connectivity index (χ1n) is 10.1. The van der Waals surface area contributed by atoms with Gasteiger partial charge in [0.1, 0.15) is 5.69 Å². The quantitative estimate of drug-likeness (QED) is 0.711. The molecule has 2 aromatic carbocycles. The van der Waals surface area contributed by atoms with Crippen molar-refractivity contribution in [2.24, 2.45) is 0 Å². The van der Waals surface area contributed by atoms with Crippen LogP contribution in [0.1, 0.15) is 27.7 Å². The van der Waals surface area contributed by atoms with Crippen molar-refractivity contribution in [2.75, 3.05) is 33.3 Å². The monoisotopic (exact) mass is 403 g/mol. The van der Waals surface area contributed by atoms with E-state index < -0.39 is 0 Å². The second-order valence-corrected chi connectivity index (χ2v) is 7.33. The highest BCUT2D eigenvalue weighted by Crippen LogP contribution is 2.29. The van der Waals surface area contributed by atoms with Crippen molar-refractivity contribution >= 4 is 5.91 Å². The highest BCUT2D eigenvalue weighted by molar-refractivity contribution is 5.92. The SMILES string of the molecule is COc1c[nH]c(C(=O)N2CCN(C(c3ccccc3)c3ccccc3)CC2)cc1=O. The first kappa shape index (κ1) is 19.9. The normalized spacial score (nSPS) is 14.7. The molecule has 1 amide bonds. The molecule has 0 unspecified atom stereocenters. The number of rotatable bonds is 5. The van der Waals surface area contributed by atoms with E-state index in [2.05, 4.69) is 58.4 Å². The lowest BCUT2D eigenvalue weighted by molar-refractivity contribution is 0.0591. The summed E-state index contributed by atoms with van der Waals surface area (Å²) in [5.41, 5.74) is 2.47. The molecule has 0 radical (unpaired) electrons. The Balaban J connectivity index is 1.50. The van der Waals surface area contributed by atoms with Crippen LogP contribution >= 0.6 is 0 Å². The number of piperazine rings is 1. The van der Waals surface area contributed by atoms with E-state index in [-0.39, 0.29) is 28.8 Å². The van der Waals surface area contributed by atoms with Gasteiger partial charge in [0.15, 0.2) is 5.75 Å². The number of hydrogen-bond donors (Lipinski definition) is 1. The van der Waals surface area contributed by atoms with Crippen LogP contribution in [-0.4, -0.2) is 54.0 Å². The number of amides is 1. The molecular weight excluding hydrogens is 378 g/mol. The summed E-state index contributed by atoms with van der Waals surface area (Å²) in [7, 11) is 1.43. The zero-order valence-corrected chi connectivity index (χ0v) is 17.0. The first-order chi connectivity index (χ1) is 14.7. The number of benzene rings is 2. The Labute approximate surface area is 175 Å². The zero-order valence-electron chi connectivity index (χ0n) is 17.0. The lowest BCUT2D eigenvalue weighted by Gasteiger charge is -2.39. The molecule has 2 heterocycles. The van der Waals surface area contributed by atoms with Gasteiger partial charge in [0.2, 0.25) is 5.43 Å². The number of nitrogens with one attached hydrogen (secondary N) is 1. The Morgan fingerprint density at radius 3 is 2.00 bits per heavy atom. The average molecular weight is 403 g/mol. The molecule has 6 heteroatoms. The third-order valence-corrected chi connectivity index (χ3v) is 5.52. The number of aromatic nitrogens is 1. The fourth-order valence-electron chi connectivity index (χ4n) is 3.98. The maximum absolute atomic E-state index is 12.9. The van der Waals surface area contributed by atoms with Crippen LogP contribution in [0.5, 0.6) is 5.75 Å². The Bertz CT molecular complexity index is 1000. The van der Waals surface area contributed by atoms with E-state index >= 15 is 0 Å². The summed E-state index contributed by atoms with van der Waals surface area (Å²) < 4.78 is 4.97. The highest BCUT2D eigenvalue weighted by atomic mass is 16.5. The molecule has 0 atom stereocenters. The van der Waals surface area contributed by atoms with Crippen molar-refractivity contribution in [3.63, 3.8) is 0 Å². The maximum Gasteiger partial charge on any atom is 0.270 e. The lowest BCUT2D eigenvalue weighted by atomic mass is 9.96. The standard InChI is InChI=1S/C24H25N3O3/c1-30-22-17-25-20(16-21(22)28)24(29)27-14-12-26(13-15-27)23(18-8-4-2-5-9-18)19-10-6-3-7-11-19/h2-11,16-17,23H,12-15H2,1H3,(H,25,28). The molecule has 1 aliphatic heterocycles. The molecule has 0 spiro atoms. The molecule has 0 aliphatic carbocycles. The predicted molar refractivity (Wildman–Crippen MR) is 116 cm³/mol. The molecule has 1 aliphatic rings. The van der Waals surface area contributed by atoms with Crippen molar-refractivity contribution in [3.05, 3.63) is 100.0 Å². The Hall–Kier alpha value is -3.38. The smallest absolute Gasteiger partial charge is 0.270 e. The van der Waals surface area contributed by atoms with Gasteiger partial charge in [-0.15, -0.1) is 0 Å². The van der Waals surface area contributed by atoms with Gasteiger partial charge < -0.3 is 14.6 Å². The number of carbonyl (C=O) groups excluding carboxylic acids is 1. The lowest BCUT2D eigenvalue weighted by Crippen LogP contribution is -2.50. The van der Waals surface area contributed by atoms with Gasteiger partial charge in [0.25, 0.3) is 5.91 Å². The molecule has 4 rings (SSSR count). The van der Waals surface area contributed by atoms with Gasteiger partial charge in [-0.05, 0) is 11.1 Å². The van der Waals surface area contributed by atoms with Gasteiger partial charge in [-0.3, -0.25) is 14.5 Å². The molecule has 1 N–H and O–H groups in total. The van der Waals surface area contributed by atoms with Crippen LogP contribution in [-0.2, 0) is 0 Å². The van der Waals surface area contributed by atoms with Crippen molar-refractivity contribution in [3.8, 4) is 5.75 Å². The topological polar surface area (TPSA) is 65.6 Å². The van der Waals surface area contributed by atoms with Crippen molar-refractivity contribution in [1.82, 2.24) is 14.8 Å². The van der Waals surface area contributed by atoms with Gasteiger partial charge in [-0.2, -0.15) is 0 Å². The fourth-order valence-corrected chi connectivity index (χ4v) is 3.98. The van der Waals surface area contributed by atoms with Crippen LogP contribution in [0.15, 0.2) is 77.7 Å². The van der Waals surface area contributed by atoms with E-state index in [1.54, 1.807) is 4.90 Å². The molecule has 30 heavy (non-hydrogen) atoms. The van der Waals surface area contributed by atoms with Crippen LogP contribution < -0.4 is 10.2 Å². The van der Waals surface area contributed by atoms with E-state index in [4.69, 9.17) is 4.74 Å². The summed E-state index contributed by atoms with van der Waals surface area (Å²) in [4.78, 5) is 31.9. The average Bonchev–Trinajstić information content (AvgIpc) is 2.81. The molecule has 0 bridgehead atoms. The van der Waals surface area contributed by atoms with Crippen molar-refractivity contribution < 1.29 is 9.53 Å². The molecule has 1 fully saturated rings.